The molecule has 0 aliphatic heterocycles. The molecule has 82 valence electrons. The molecule has 2 rings (SSSR count). The summed E-state index contributed by atoms with van der Waals surface area (Å²) in [6.45, 7) is 3.76. The van der Waals surface area contributed by atoms with E-state index >= 15 is 0 Å². The molecule has 2 heterocycles. The number of aromatic nitrogens is 2. The van der Waals surface area contributed by atoms with Crippen molar-refractivity contribution in [3.05, 3.63) is 47.8 Å². The van der Waals surface area contributed by atoms with Crippen LogP contribution in [-0.4, -0.2) is 15.1 Å². The smallest absolute Gasteiger partial charge is 0.0889 e. The van der Waals surface area contributed by atoms with Crippen molar-refractivity contribution in [1.29, 1.82) is 0 Å². The Hall–Kier alpha value is -1.74. The number of pyridine rings is 2. The Balaban J connectivity index is 2.44. The van der Waals surface area contributed by atoms with Crippen molar-refractivity contribution in [3.63, 3.8) is 0 Å². The molecule has 0 aliphatic carbocycles. The topological polar surface area (TPSA) is 46.0 Å². The summed E-state index contributed by atoms with van der Waals surface area (Å²) in [5.41, 5.74) is 3.63. The molecule has 0 aliphatic rings. The first-order chi connectivity index (χ1) is 7.66. The minimum Gasteiger partial charge on any atom is -0.389 e. The number of hydrogen-bond acceptors (Lipinski definition) is 3. The highest BCUT2D eigenvalue weighted by Gasteiger charge is 2.05. The highest BCUT2D eigenvalue weighted by molar-refractivity contribution is 5.55. The monoisotopic (exact) mass is 214 g/mol. The van der Waals surface area contributed by atoms with Crippen LogP contribution in [0.4, 0.5) is 0 Å². The Labute approximate surface area is 94.8 Å². The lowest BCUT2D eigenvalue weighted by Gasteiger charge is -2.06. The number of hydrogen-bond donors (Lipinski definition) is 1. The Kier molecular flexibility index (Phi) is 2.97. The summed E-state index contributed by atoms with van der Waals surface area (Å²) in [6.07, 6.45) is 2.98. The third-order valence-electron chi connectivity index (χ3n) is 2.44. The number of aryl methyl sites for hydroxylation is 1. The van der Waals surface area contributed by atoms with Gasteiger partial charge in [-0.2, -0.15) is 0 Å². The number of aliphatic hydroxyl groups excluding tert-OH is 1. The van der Waals surface area contributed by atoms with Crippen molar-refractivity contribution in [2.24, 2.45) is 0 Å². The molecule has 0 fully saturated rings. The van der Waals surface area contributed by atoms with Gasteiger partial charge in [-0.05, 0) is 49.2 Å². The van der Waals surface area contributed by atoms with Crippen LogP contribution < -0.4 is 0 Å². The van der Waals surface area contributed by atoms with Crippen LogP contribution in [-0.2, 0) is 0 Å². The van der Waals surface area contributed by atoms with Gasteiger partial charge in [-0.3, -0.25) is 9.97 Å². The zero-order valence-corrected chi connectivity index (χ0v) is 9.38. The molecule has 0 amide bonds. The highest BCUT2D eigenvalue weighted by atomic mass is 16.3. The summed E-state index contributed by atoms with van der Waals surface area (Å²) < 4.78 is 0. The Bertz CT molecular complexity index is 495. The summed E-state index contributed by atoms with van der Waals surface area (Å²) in [5, 5.41) is 9.50. The van der Waals surface area contributed by atoms with E-state index in [0.717, 1.165) is 22.5 Å². The van der Waals surface area contributed by atoms with Crippen molar-refractivity contribution in [2.75, 3.05) is 0 Å². The maximum Gasteiger partial charge on any atom is 0.0889 e. The molecular formula is C13H14N2O. The third kappa shape index (κ3) is 2.25. The van der Waals surface area contributed by atoms with Gasteiger partial charge in [-0.25, -0.2) is 0 Å². The molecule has 1 unspecified atom stereocenters. The first-order valence-electron chi connectivity index (χ1n) is 5.24. The minimum atomic E-state index is -0.480. The summed E-state index contributed by atoms with van der Waals surface area (Å²) in [7, 11) is 0. The van der Waals surface area contributed by atoms with Gasteiger partial charge in [0, 0.05) is 12.4 Å². The summed E-state index contributed by atoms with van der Waals surface area (Å²) in [5.74, 6) is 0. The molecule has 0 bridgehead atoms. The van der Waals surface area contributed by atoms with Crippen LogP contribution in [0.1, 0.15) is 24.2 Å². The Morgan fingerprint density at radius 3 is 2.31 bits per heavy atom. The second kappa shape index (κ2) is 4.41. The molecule has 0 saturated heterocycles. The molecule has 2 aromatic heterocycles. The zero-order valence-electron chi connectivity index (χ0n) is 9.38. The van der Waals surface area contributed by atoms with Gasteiger partial charge < -0.3 is 5.11 Å². The first kappa shape index (κ1) is 10.8. The average Bonchev–Trinajstić information content (AvgIpc) is 2.29. The molecule has 0 aromatic carbocycles. The largest absolute Gasteiger partial charge is 0.389 e. The normalized spacial score (nSPS) is 12.4. The van der Waals surface area contributed by atoms with Gasteiger partial charge in [-0.15, -0.1) is 0 Å². The van der Waals surface area contributed by atoms with Gasteiger partial charge in [0.2, 0.25) is 0 Å². The van der Waals surface area contributed by atoms with Crippen molar-refractivity contribution >= 4 is 0 Å². The SMILES string of the molecule is Cc1ccnc(-c2cc(C(C)O)ccn2)c1. The fourth-order valence-corrected chi connectivity index (χ4v) is 1.52. The van der Waals surface area contributed by atoms with Crippen LogP contribution in [0.2, 0.25) is 0 Å². The summed E-state index contributed by atoms with van der Waals surface area (Å²) in [4.78, 5) is 8.53. The van der Waals surface area contributed by atoms with Crippen molar-refractivity contribution in [3.8, 4) is 11.4 Å². The van der Waals surface area contributed by atoms with Gasteiger partial charge in [0.1, 0.15) is 0 Å². The number of aliphatic hydroxyl groups is 1. The van der Waals surface area contributed by atoms with E-state index in [0.29, 0.717) is 0 Å². The van der Waals surface area contributed by atoms with Crippen LogP contribution in [0, 0.1) is 6.92 Å². The predicted molar refractivity (Wildman–Crippen MR) is 62.8 cm³/mol. The van der Waals surface area contributed by atoms with E-state index in [4.69, 9.17) is 0 Å². The van der Waals surface area contributed by atoms with Gasteiger partial charge >= 0.3 is 0 Å². The van der Waals surface area contributed by atoms with E-state index in [1.807, 2.05) is 31.2 Å². The third-order valence-corrected chi connectivity index (χ3v) is 2.44. The van der Waals surface area contributed by atoms with Crippen molar-refractivity contribution in [1.82, 2.24) is 9.97 Å². The molecule has 0 saturated carbocycles. The van der Waals surface area contributed by atoms with Crippen LogP contribution in [0.3, 0.4) is 0 Å². The molecule has 3 heteroatoms. The molecule has 0 spiro atoms. The minimum absolute atomic E-state index is 0.480. The highest BCUT2D eigenvalue weighted by Crippen LogP contribution is 2.19. The van der Waals surface area contributed by atoms with E-state index in [9.17, 15) is 5.11 Å². The molecule has 3 nitrogen and oxygen atoms in total. The molecule has 1 atom stereocenters. The van der Waals surface area contributed by atoms with Gasteiger partial charge in [0.25, 0.3) is 0 Å². The fourth-order valence-electron chi connectivity index (χ4n) is 1.52. The Morgan fingerprint density at radius 1 is 1.06 bits per heavy atom. The van der Waals surface area contributed by atoms with Crippen molar-refractivity contribution < 1.29 is 5.11 Å². The number of rotatable bonds is 2. The molecular weight excluding hydrogens is 200 g/mol. The van der Waals surface area contributed by atoms with Crippen LogP contribution in [0.25, 0.3) is 11.4 Å². The molecule has 2 aromatic rings. The average molecular weight is 214 g/mol. The van der Waals surface area contributed by atoms with Crippen LogP contribution in [0.5, 0.6) is 0 Å². The lowest BCUT2D eigenvalue weighted by molar-refractivity contribution is 0.199. The van der Waals surface area contributed by atoms with E-state index in [-0.39, 0.29) is 0 Å². The first-order valence-corrected chi connectivity index (χ1v) is 5.24. The second-order valence-electron chi connectivity index (χ2n) is 3.87. The fraction of sp³-hybridized carbons (Fsp3) is 0.231. The van der Waals surface area contributed by atoms with Crippen molar-refractivity contribution in [2.45, 2.75) is 20.0 Å². The lowest BCUT2D eigenvalue weighted by Crippen LogP contribution is -1.94. The standard InChI is InChI=1S/C13H14N2O/c1-9-3-5-14-12(7-9)13-8-11(10(2)16)4-6-15-13/h3-8,10,16H,1-2H3. The van der Waals surface area contributed by atoms with Gasteiger partial charge in [-0.1, -0.05) is 0 Å². The van der Waals surface area contributed by atoms with E-state index in [2.05, 4.69) is 9.97 Å². The lowest BCUT2D eigenvalue weighted by atomic mass is 10.1. The van der Waals surface area contributed by atoms with Crippen LogP contribution >= 0.6 is 0 Å². The number of nitrogens with zero attached hydrogens (tertiary/aromatic N) is 2. The molecule has 1 N–H and O–H groups in total. The second-order valence-corrected chi connectivity index (χ2v) is 3.87. The van der Waals surface area contributed by atoms with E-state index < -0.39 is 6.10 Å². The summed E-state index contributed by atoms with van der Waals surface area (Å²) in [6, 6.07) is 7.60. The quantitative estimate of drug-likeness (QED) is 0.835. The Morgan fingerprint density at radius 2 is 1.69 bits per heavy atom. The molecule has 16 heavy (non-hydrogen) atoms. The maximum atomic E-state index is 9.50. The van der Waals surface area contributed by atoms with E-state index in [1.54, 1.807) is 19.3 Å². The summed E-state index contributed by atoms with van der Waals surface area (Å²) >= 11 is 0. The zero-order chi connectivity index (χ0) is 11.5. The van der Waals surface area contributed by atoms with Crippen LogP contribution in [0.15, 0.2) is 36.7 Å². The van der Waals surface area contributed by atoms with Gasteiger partial charge in [0.05, 0.1) is 17.5 Å². The molecule has 0 radical (unpaired) electrons. The maximum absolute atomic E-state index is 9.50. The van der Waals surface area contributed by atoms with E-state index in [1.165, 1.54) is 0 Å². The van der Waals surface area contributed by atoms with Gasteiger partial charge in [0.15, 0.2) is 0 Å². The predicted octanol–water partition coefficient (Wildman–Crippen LogP) is 2.51.